The quantitative estimate of drug-likeness (QED) is 0.791. The number of halogens is 2. The second kappa shape index (κ2) is 8.08. The van der Waals surface area contributed by atoms with Crippen molar-refractivity contribution in [1.82, 2.24) is 0 Å². The monoisotopic (exact) mass is 401 g/mol. The molecule has 0 radical (unpaired) electrons. The van der Waals surface area contributed by atoms with Crippen molar-refractivity contribution < 1.29 is 17.9 Å². The van der Waals surface area contributed by atoms with Gasteiger partial charge in [-0.25, -0.2) is 8.42 Å². The van der Waals surface area contributed by atoms with Crippen molar-refractivity contribution in [3.8, 4) is 5.75 Å². The van der Waals surface area contributed by atoms with Gasteiger partial charge in [-0.2, -0.15) is 0 Å². The van der Waals surface area contributed by atoms with Crippen LogP contribution in [0.25, 0.3) is 0 Å². The largest absolute Gasteiger partial charge is 0.497 e. The van der Waals surface area contributed by atoms with Crippen LogP contribution < -0.4 is 10.1 Å². The van der Waals surface area contributed by atoms with E-state index in [-0.39, 0.29) is 10.6 Å². The van der Waals surface area contributed by atoms with Crippen LogP contribution in [0.15, 0.2) is 47.4 Å². The maximum atomic E-state index is 12.5. The average Bonchev–Trinajstić information content (AvgIpc) is 2.57. The number of benzene rings is 2. The number of methoxy groups -OCH3 is 1. The number of rotatable bonds is 6. The van der Waals surface area contributed by atoms with Crippen molar-refractivity contribution in [2.24, 2.45) is 5.92 Å². The van der Waals surface area contributed by atoms with Gasteiger partial charge in [-0.1, -0.05) is 30.1 Å². The van der Waals surface area contributed by atoms with Crippen LogP contribution in [0.4, 0.5) is 5.69 Å². The van der Waals surface area contributed by atoms with Crippen molar-refractivity contribution in [3.63, 3.8) is 0 Å². The molecule has 0 aliphatic carbocycles. The fourth-order valence-electron chi connectivity index (χ4n) is 2.13. The van der Waals surface area contributed by atoms with E-state index in [4.69, 9.17) is 27.9 Å². The van der Waals surface area contributed by atoms with Crippen LogP contribution in [0.1, 0.15) is 6.92 Å². The Bertz CT molecular complexity index is 867. The number of sulfone groups is 1. The highest BCUT2D eigenvalue weighted by atomic mass is 35.5. The topological polar surface area (TPSA) is 72.5 Å². The molecule has 0 saturated carbocycles. The number of ether oxygens (including phenoxy) is 1. The summed E-state index contributed by atoms with van der Waals surface area (Å²) < 4.78 is 29.9. The Morgan fingerprint density at radius 1 is 1.16 bits per heavy atom. The molecule has 1 amide bonds. The molecule has 0 bridgehead atoms. The minimum atomic E-state index is -3.62. The standard InChI is InChI=1S/C17H17Cl2NO4S/c1-11(17(21)20-16-9-12(18)3-8-15(16)19)10-25(22,23)14-6-4-13(24-2)5-7-14/h3-9,11H,10H2,1-2H3,(H,20,21). The zero-order valence-corrected chi connectivity index (χ0v) is 16.0. The molecule has 134 valence electrons. The molecule has 2 aromatic rings. The summed E-state index contributed by atoms with van der Waals surface area (Å²) in [5.74, 6) is -1.01. The molecular formula is C17H17Cl2NO4S. The predicted octanol–water partition coefficient (Wildman–Crippen LogP) is 4.05. The lowest BCUT2D eigenvalue weighted by Crippen LogP contribution is -2.27. The van der Waals surface area contributed by atoms with E-state index in [1.807, 2.05) is 0 Å². The summed E-state index contributed by atoms with van der Waals surface area (Å²) in [6.45, 7) is 1.54. The molecule has 8 heteroatoms. The second-order valence-corrected chi connectivity index (χ2v) is 8.35. The Balaban J connectivity index is 2.10. The van der Waals surface area contributed by atoms with Gasteiger partial charge in [-0.05, 0) is 42.5 Å². The molecule has 2 aromatic carbocycles. The first-order valence-electron chi connectivity index (χ1n) is 7.35. The number of amides is 1. The molecule has 1 atom stereocenters. The molecule has 0 heterocycles. The van der Waals surface area contributed by atoms with Crippen LogP contribution in [0.5, 0.6) is 5.75 Å². The van der Waals surface area contributed by atoms with E-state index >= 15 is 0 Å². The minimum Gasteiger partial charge on any atom is -0.497 e. The number of carbonyl (C=O) groups excluding carboxylic acids is 1. The van der Waals surface area contributed by atoms with Crippen molar-refractivity contribution in [2.45, 2.75) is 11.8 Å². The van der Waals surface area contributed by atoms with Crippen LogP contribution in [-0.4, -0.2) is 27.2 Å². The third-order valence-corrected chi connectivity index (χ3v) is 6.02. The van der Waals surface area contributed by atoms with Crippen LogP contribution in [0.3, 0.4) is 0 Å². The minimum absolute atomic E-state index is 0.133. The zero-order valence-electron chi connectivity index (χ0n) is 13.6. The van der Waals surface area contributed by atoms with Crippen molar-refractivity contribution in [3.05, 3.63) is 52.5 Å². The first-order valence-corrected chi connectivity index (χ1v) is 9.76. The number of hydrogen-bond donors (Lipinski definition) is 1. The van der Waals surface area contributed by atoms with Crippen molar-refractivity contribution in [1.29, 1.82) is 0 Å². The van der Waals surface area contributed by atoms with Gasteiger partial charge in [0.2, 0.25) is 5.91 Å². The smallest absolute Gasteiger partial charge is 0.228 e. The lowest BCUT2D eigenvalue weighted by atomic mass is 10.2. The lowest BCUT2D eigenvalue weighted by Gasteiger charge is -2.14. The maximum absolute atomic E-state index is 12.5. The Hall–Kier alpha value is -1.76. The summed E-state index contributed by atoms with van der Waals surface area (Å²) in [7, 11) is -2.12. The van der Waals surface area contributed by atoms with Crippen molar-refractivity contribution in [2.75, 3.05) is 18.2 Å². The summed E-state index contributed by atoms with van der Waals surface area (Å²) >= 11 is 11.9. The van der Waals surface area contributed by atoms with E-state index in [1.165, 1.54) is 32.2 Å². The van der Waals surface area contributed by atoms with E-state index < -0.39 is 21.7 Å². The highest BCUT2D eigenvalue weighted by Crippen LogP contribution is 2.26. The molecule has 5 nitrogen and oxygen atoms in total. The molecule has 1 unspecified atom stereocenters. The predicted molar refractivity (Wildman–Crippen MR) is 99.3 cm³/mol. The van der Waals surface area contributed by atoms with Crippen LogP contribution in [-0.2, 0) is 14.6 Å². The van der Waals surface area contributed by atoms with Gasteiger partial charge in [0.15, 0.2) is 9.84 Å². The van der Waals surface area contributed by atoms with Gasteiger partial charge in [0.25, 0.3) is 0 Å². The summed E-state index contributed by atoms with van der Waals surface area (Å²) in [6, 6.07) is 10.7. The highest BCUT2D eigenvalue weighted by Gasteiger charge is 2.24. The normalized spacial score (nSPS) is 12.5. The van der Waals surface area contributed by atoms with Crippen LogP contribution in [0, 0.1) is 5.92 Å². The molecular weight excluding hydrogens is 385 g/mol. The van der Waals surface area contributed by atoms with E-state index in [1.54, 1.807) is 24.3 Å². The molecule has 25 heavy (non-hydrogen) atoms. The van der Waals surface area contributed by atoms with Gasteiger partial charge in [0.05, 0.1) is 28.5 Å². The van der Waals surface area contributed by atoms with Gasteiger partial charge >= 0.3 is 0 Å². The molecule has 0 fully saturated rings. The van der Waals surface area contributed by atoms with Crippen LogP contribution >= 0.6 is 23.2 Å². The third-order valence-electron chi connectivity index (χ3n) is 3.52. The zero-order chi connectivity index (χ0) is 18.6. The van der Waals surface area contributed by atoms with Gasteiger partial charge in [-0.3, -0.25) is 4.79 Å². The summed E-state index contributed by atoms with van der Waals surface area (Å²) in [4.78, 5) is 12.4. The van der Waals surface area contributed by atoms with E-state index in [0.29, 0.717) is 21.5 Å². The molecule has 0 aliphatic rings. The first-order chi connectivity index (χ1) is 11.7. The van der Waals surface area contributed by atoms with Crippen molar-refractivity contribution >= 4 is 44.6 Å². The Morgan fingerprint density at radius 3 is 2.40 bits per heavy atom. The Kier molecular flexibility index (Phi) is 6.32. The van der Waals surface area contributed by atoms with Gasteiger partial charge < -0.3 is 10.1 Å². The fraction of sp³-hybridized carbons (Fsp3) is 0.235. The lowest BCUT2D eigenvalue weighted by molar-refractivity contribution is -0.118. The van der Waals surface area contributed by atoms with E-state index in [0.717, 1.165) is 0 Å². The van der Waals surface area contributed by atoms with E-state index in [2.05, 4.69) is 5.32 Å². The van der Waals surface area contributed by atoms with Crippen LogP contribution in [0.2, 0.25) is 10.0 Å². The Morgan fingerprint density at radius 2 is 1.80 bits per heavy atom. The molecule has 0 spiro atoms. The fourth-order valence-corrected chi connectivity index (χ4v) is 4.02. The van der Waals surface area contributed by atoms with E-state index in [9.17, 15) is 13.2 Å². The molecule has 2 rings (SSSR count). The average molecular weight is 402 g/mol. The summed E-state index contributed by atoms with van der Waals surface area (Å²) in [5.41, 5.74) is 0.341. The molecule has 0 aliphatic heterocycles. The number of carbonyl (C=O) groups is 1. The number of nitrogens with one attached hydrogen (secondary N) is 1. The van der Waals surface area contributed by atoms with Gasteiger partial charge in [0, 0.05) is 10.9 Å². The second-order valence-electron chi connectivity index (χ2n) is 5.47. The number of anilines is 1. The van der Waals surface area contributed by atoms with Gasteiger partial charge in [-0.15, -0.1) is 0 Å². The molecule has 0 aromatic heterocycles. The third kappa shape index (κ3) is 5.11. The Labute approximate surface area is 156 Å². The summed E-state index contributed by atoms with van der Waals surface area (Å²) in [6.07, 6.45) is 0. The molecule has 1 N–H and O–H groups in total. The maximum Gasteiger partial charge on any atom is 0.228 e. The van der Waals surface area contributed by atoms with Gasteiger partial charge in [0.1, 0.15) is 5.75 Å². The number of hydrogen-bond acceptors (Lipinski definition) is 4. The first kappa shape index (κ1) is 19.6. The highest BCUT2D eigenvalue weighted by molar-refractivity contribution is 7.91. The molecule has 0 saturated heterocycles. The summed E-state index contributed by atoms with van der Waals surface area (Å²) in [5, 5.41) is 3.34. The SMILES string of the molecule is COc1ccc(S(=O)(=O)CC(C)C(=O)Nc2cc(Cl)ccc2Cl)cc1.